The highest BCUT2D eigenvalue weighted by Crippen LogP contribution is 2.42. The van der Waals surface area contributed by atoms with Crippen LogP contribution in [0, 0.1) is 5.92 Å². The number of carbonyl (C=O) groups is 1. The fourth-order valence-corrected chi connectivity index (χ4v) is 4.30. The predicted octanol–water partition coefficient (Wildman–Crippen LogP) is 4.95. The van der Waals surface area contributed by atoms with E-state index >= 15 is 0 Å². The van der Waals surface area contributed by atoms with Gasteiger partial charge in [0.2, 0.25) is 5.91 Å². The number of hydrogen-bond donors (Lipinski definition) is 1. The van der Waals surface area contributed by atoms with E-state index in [2.05, 4.69) is 43.3 Å². The van der Waals surface area contributed by atoms with Crippen LogP contribution in [0.3, 0.4) is 0 Å². The van der Waals surface area contributed by atoms with Crippen molar-refractivity contribution in [2.45, 2.75) is 37.5 Å². The number of nitrogens with zero attached hydrogens (tertiary/aromatic N) is 1. The number of anilines is 1. The van der Waals surface area contributed by atoms with E-state index in [1.807, 2.05) is 24.3 Å². The molecule has 2 aromatic carbocycles. The van der Waals surface area contributed by atoms with E-state index in [1.165, 1.54) is 11.3 Å². The monoisotopic (exact) mass is 370 g/mol. The SMILES string of the molecule is CN(C)c1ccc(C2CCC(C(C(N)=O)c3ccc(Cl)cc3)CC2)cc1. The second kappa shape index (κ2) is 8.13. The first-order valence-corrected chi connectivity index (χ1v) is 9.65. The van der Waals surface area contributed by atoms with E-state index < -0.39 is 0 Å². The maximum Gasteiger partial charge on any atom is 0.225 e. The zero-order chi connectivity index (χ0) is 18.7. The summed E-state index contributed by atoms with van der Waals surface area (Å²) in [5.74, 6) is 0.433. The quantitative estimate of drug-likeness (QED) is 0.809. The van der Waals surface area contributed by atoms with Gasteiger partial charge in [0.1, 0.15) is 0 Å². The summed E-state index contributed by atoms with van der Waals surface area (Å²) >= 11 is 5.98. The Morgan fingerprint density at radius 1 is 1.00 bits per heavy atom. The van der Waals surface area contributed by atoms with Gasteiger partial charge in [-0.3, -0.25) is 4.79 Å². The van der Waals surface area contributed by atoms with Crippen molar-refractivity contribution in [3.05, 3.63) is 64.7 Å². The summed E-state index contributed by atoms with van der Waals surface area (Å²) < 4.78 is 0. The van der Waals surface area contributed by atoms with E-state index in [0.717, 1.165) is 31.2 Å². The Balaban J connectivity index is 1.68. The van der Waals surface area contributed by atoms with Crippen molar-refractivity contribution < 1.29 is 4.79 Å². The van der Waals surface area contributed by atoms with E-state index in [9.17, 15) is 4.79 Å². The lowest BCUT2D eigenvalue weighted by Crippen LogP contribution is -2.30. The zero-order valence-electron chi connectivity index (χ0n) is 15.5. The summed E-state index contributed by atoms with van der Waals surface area (Å²) in [4.78, 5) is 14.2. The molecule has 1 fully saturated rings. The summed E-state index contributed by atoms with van der Waals surface area (Å²) in [6.45, 7) is 0. The highest BCUT2D eigenvalue weighted by molar-refractivity contribution is 6.30. The first-order chi connectivity index (χ1) is 12.5. The fraction of sp³-hybridized carbons (Fsp3) is 0.409. The Morgan fingerprint density at radius 3 is 2.08 bits per heavy atom. The minimum absolute atomic E-state index is 0.218. The van der Waals surface area contributed by atoms with E-state index in [1.54, 1.807) is 0 Å². The molecular weight excluding hydrogens is 344 g/mol. The molecule has 0 bridgehead atoms. The minimum Gasteiger partial charge on any atom is -0.378 e. The van der Waals surface area contributed by atoms with Gasteiger partial charge in [0.25, 0.3) is 0 Å². The molecule has 1 atom stereocenters. The molecule has 1 unspecified atom stereocenters. The van der Waals surface area contributed by atoms with Gasteiger partial charge < -0.3 is 10.6 Å². The lowest BCUT2D eigenvalue weighted by atomic mass is 9.71. The van der Waals surface area contributed by atoms with Crippen LogP contribution in [0.2, 0.25) is 5.02 Å². The van der Waals surface area contributed by atoms with Crippen LogP contribution < -0.4 is 10.6 Å². The molecule has 4 heteroatoms. The van der Waals surface area contributed by atoms with Gasteiger partial charge in [0.05, 0.1) is 5.92 Å². The van der Waals surface area contributed by atoms with Crippen LogP contribution in [0.4, 0.5) is 5.69 Å². The van der Waals surface area contributed by atoms with E-state index in [0.29, 0.717) is 16.9 Å². The number of benzene rings is 2. The summed E-state index contributed by atoms with van der Waals surface area (Å²) in [7, 11) is 4.11. The van der Waals surface area contributed by atoms with Gasteiger partial charge in [-0.25, -0.2) is 0 Å². The van der Waals surface area contributed by atoms with Crippen LogP contribution >= 0.6 is 11.6 Å². The maximum atomic E-state index is 12.1. The summed E-state index contributed by atoms with van der Waals surface area (Å²) in [5, 5.41) is 0.682. The third kappa shape index (κ3) is 4.21. The van der Waals surface area contributed by atoms with Crippen molar-refractivity contribution in [3.8, 4) is 0 Å². The van der Waals surface area contributed by atoms with Gasteiger partial charge in [-0.15, -0.1) is 0 Å². The molecule has 0 spiro atoms. The van der Waals surface area contributed by atoms with Crippen LogP contribution in [0.15, 0.2) is 48.5 Å². The highest BCUT2D eigenvalue weighted by atomic mass is 35.5. The third-order valence-electron chi connectivity index (χ3n) is 5.66. The normalized spacial score (nSPS) is 21.2. The number of halogens is 1. The molecule has 2 aromatic rings. The maximum absolute atomic E-state index is 12.1. The molecule has 3 rings (SSSR count). The molecule has 1 saturated carbocycles. The lowest BCUT2D eigenvalue weighted by molar-refractivity contribution is -0.120. The third-order valence-corrected chi connectivity index (χ3v) is 5.91. The number of rotatable bonds is 5. The predicted molar refractivity (Wildman–Crippen MR) is 109 cm³/mol. The van der Waals surface area contributed by atoms with Crippen LogP contribution in [0.5, 0.6) is 0 Å². The number of carbonyl (C=O) groups excluding carboxylic acids is 1. The van der Waals surface area contributed by atoms with Crippen molar-refractivity contribution in [2.24, 2.45) is 11.7 Å². The molecule has 1 amide bonds. The Labute approximate surface area is 161 Å². The van der Waals surface area contributed by atoms with Gasteiger partial charge in [-0.1, -0.05) is 35.9 Å². The molecular formula is C22H27ClN2O. The zero-order valence-corrected chi connectivity index (χ0v) is 16.2. The Bertz CT molecular complexity index is 732. The number of nitrogens with two attached hydrogens (primary N) is 1. The number of amides is 1. The first kappa shape index (κ1) is 18.8. The van der Waals surface area contributed by atoms with Crippen LogP contribution in [0.25, 0.3) is 0 Å². The molecule has 138 valence electrons. The van der Waals surface area contributed by atoms with Gasteiger partial charge in [0.15, 0.2) is 0 Å². The second-order valence-electron chi connectivity index (χ2n) is 7.53. The van der Waals surface area contributed by atoms with Crippen molar-refractivity contribution in [1.29, 1.82) is 0 Å². The Morgan fingerprint density at radius 2 is 1.58 bits per heavy atom. The molecule has 0 aliphatic heterocycles. The molecule has 3 nitrogen and oxygen atoms in total. The molecule has 0 radical (unpaired) electrons. The Hall–Kier alpha value is -2.00. The average Bonchev–Trinajstić information content (AvgIpc) is 2.64. The fourth-order valence-electron chi connectivity index (χ4n) is 4.17. The highest BCUT2D eigenvalue weighted by Gasteiger charge is 2.32. The standard InChI is InChI=1S/C22H27ClN2O/c1-25(2)20-13-9-16(10-14-20)15-3-5-17(6-4-15)21(22(24)26)18-7-11-19(23)12-8-18/h7-15,17,21H,3-6H2,1-2H3,(H2,24,26). The summed E-state index contributed by atoms with van der Waals surface area (Å²) in [5.41, 5.74) is 9.36. The summed E-state index contributed by atoms with van der Waals surface area (Å²) in [6, 6.07) is 16.4. The topological polar surface area (TPSA) is 46.3 Å². The molecule has 0 saturated heterocycles. The molecule has 1 aliphatic rings. The van der Waals surface area contributed by atoms with E-state index in [-0.39, 0.29) is 11.8 Å². The van der Waals surface area contributed by atoms with Gasteiger partial charge >= 0.3 is 0 Å². The number of hydrogen-bond acceptors (Lipinski definition) is 2. The smallest absolute Gasteiger partial charge is 0.225 e. The Kier molecular flexibility index (Phi) is 5.87. The van der Waals surface area contributed by atoms with Crippen LogP contribution in [0.1, 0.15) is 48.6 Å². The molecule has 26 heavy (non-hydrogen) atoms. The number of primary amides is 1. The second-order valence-corrected chi connectivity index (χ2v) is 7.97. The molecule has 2 N–H and O–H groups in total. The molecule has 0 aromatic heterocycles. The van der Waals surface area contributed by atoms with Crippen molar-refractivity contribution in [3.63, 3.8) is 0 Å². The van der Waals surface area contributed by atoms with Crippen LogP contribution in [-0.4, -0.2) is 20.0 Å². The van der Waals surface area contributed by atoms with Crippen molar-refractivity contribution in [1.82, 2.24) is 0 Å². The van der Waals surface area contributed by atoms with Crippen LogP contribution in [-0.2, 0) is 4.79 Å². The van der Waals surface area contributed by atoms with E-state index in [4.69, 9.17) is 17.3 Å². The minimum atomic E-state index is -0.230. The lowest BCUT2D eigenvalue weighted by Gasteiger charge is -2.33. The van der Waals surface area contributed by atoms with Gasteiger partial charge in [-0.05, 0) is 72.9 Å². The van der Waals surface area contributed by atoms with Crippen molar-refractivity contribution >= 4 is 23.2 Å². The van der Waals surface area contributed by atoms with Gasteiger partial charge in [0, 0.05) is 24.8 Å². The first-order valence-electron chi connectivity index (χ1n) is 9.27. The van der Waals surface area contributed by atoms with Crippen molar-refractivity contribution in [2.75, 3.05) is 19.0 Å². The average molecular weight is 371 g/mol. The van der Waals surface area contributed by atoms with Gasteiger partial charge in [-0.2, -0.15) is 0 Å². The molecule has 0 heterocycles. The largest absolute Gasteiger partial charge is 0.378 e. The summed E-state index contributed by atoms with van der Waals surface area (Å²) in [6.07, 6.45) is 4.25. The molecule has 1 aliphatic carbocycles.